The Labute approximate surface area is 74.3 Å². The van der Waals surface area contributed by atoms with Crippen LogP contribution in [0.2, 0.25) is 5.79 Å². The van der Waals surface area contributed by atoms with Gasteiger partial charge in [-0.15, -0.1) is 0 Å². The van der Waals surface area contributed by atoms with E-state index < -0.39 is 8.69 Å². The number of rotatable bonds is 1. The number of hydrogen-bond acceptors (Lipinski definition) is 1. The SMILES string of the molecule is O=PO.[CH3][Al+][c]1ccccc1. The van der Waals surface area contributed by atoms with Gasteiger partial charge in [-0.2, -0.15) is 0 Å². The van der Waals surface area contributed by atoms with Crippen LogP contribution >= 0.6 is 8.69 Å². The van der Waals surface area contributed by atoms with E-state index >= 15 is 0 Å². The molecular formula is C7H9AlO2P+. The Kier molecular flexibility index (Phi) is 7.78. The van der Waals surface area contributed by atoms with Crippen LogP contribution in [0.3, 0.4) is 0 Å². The van der Waals surface area contributed by atoms with Crippen molar-refractivity contribution in [3.8, 4) is 0 Å². The minimum atomic E-state index is -0.833. The molecule has 0 aliphatic heterocycles. The van der Waals surface area contributed by atoms with Crippen LogP contribution in [0, 0.1) is 0 Å². The van der Waals surface area contributed by atoms with E-state index in [2.05, 4.69) is 36.1 Å². The fraction of sp³-hybridized carbons (Fsp3) is 0.143. The van der Waals surface area contributed by atoms with Gasteiger partial charge in [0.25, 0.3) is 0 Å². The van der Waals surface area contributed by atoms with Crippen LogP contribution in [-0.4, -0.2) is 20.1 Å². The molecule has 0 spiro atoms. The summed E-state index contributed by atoms with van der Waals surface area (Å²) in [4.78, 5) is 6.99. The van der Waals surface area contributed by atoms with Gasteiger partial charge < -0.3 is 4.89 Å². The molecule has 0 fully saturated rings. The molecule has 0 atom stereocenters. The molecule has 0 bridgehead atoms. The van der Waals surface area contributed by atoms with Crippen molar-refractivity contribution >= 4 is 28.3 Å². The van der Waals surface area contributed by atoms with Gasteiger partial charge in [0.05, 0.1) is 0 Å². The summed E-state index contributed by atoms with van der Waals surface area (Å²) < 4.78 is 9.95. The zero-order chi connectivity index (χ0) is 8.53. The van der Waals surface area contributed by atoms with E-state index in [1.807, 2.05) is 0 Å². The first-order valence-corrected chi connectivity index (χ1v) is 5.66. The average molecular weight is 183 g/mol. The normalized spacial score (nSPS) is 7.82. The van der Waals surface area contributed by atoms with Gasteiger partial charge >= 0.3 is 64.4 Å². The summed E-state index contributed by atoms with van der Waals surface area (Å²) in [6, 6.07) is 10.6. The van der Waals surface area contributed by atoms with Gasteiger partial charge in [0.15, 0.2) is 0 Å². The Hall–Kier alpha value is -0.188. The summed E-state index contributed by atoms with van der Waals surface area (Å²) in [5.41, 5.74) is 0. The van der Waals surface area contributed by atoms with E-state index in [4.69, 9.17) is 9.46 Å². The third kappa shape index (κ3) is 6.22. The molecule has 2 nitrogen and oxygen atoms in total. The topological polar surface area (TPSA) is 37.3 Å². The van der Waals surface area contributed by atoms with Crippen LogP contribution in [0.15, 0.2) is 30.3 Å². The van der Waals surface area contributed by atoms with Crippen molar-refractivity contribution in [3.63, 3.8) is 0 Å². The molecule has 0 aliphatic rings. The predicted octanol–water partition coefficient (Wildman–Crippen LogP) is 1.25. The third-order valence-electron chi connectivity index (χ3n) is 1.13. The Morgan fingerprint density at radius 3 is 2.09 bits per heavy atom. The van der Waals surface area contributed by atoms with Crippen LogP contribution in [0.25, 0.3) is 0 Å². The predicted molar refractivity (Wildman–Crippen MR) is 47.5 cm³/mol. The van der Waals surface area contributed by atoms with E-state index in [-0.39, 0.29) is 0 Å². The van der Waals surface area contributed by atoms with E-state index in [0.29, 0.717) is 15.2 Å². The van der Waals surface area contributed by atoms with E-state index in [9.17, 15) is 0 Å². The van der Waals surface area contributed by atoms with E-state index in [1.54, 1.807) is 0 Å². The Balaban J connectivity index is 0.000000292. The van der Waals surface area contributed by atoms with Crippen LogP contribution in [0.5, 0.6) is 0 Å². The molecule has 1 N–H and O–H groups in total. The zero-order valence-corrected chi connectivity index (χ0v) is 8.32. The molecule has 0 unspecified atom stereocenters. The quantitative estimate of drug-likeness (QED) is 0.525. The summed E-state index contributed by atoms with van der Waals surface area (Å²) in [6.45, 7) is 0. The number of benzene rings is 1. The standard InChI is InChI=1S/C6H5.CH3.Al.HO2P/c1-2-4-6-5-3-1;;;1-3-2/h1-5H;1H3;;(H,1,2)/q;;+1;. The molecular weight excluding hydrogens is 174 g/mol. The molecule has 1 aromatic carbocycles. The molecule has 0 saturated carbocycles. The molecule has 1 aromatic rings. The molecule has 0 amide bonds. The van der Waals surface area contributed by atoms with E-state index in [0.717, 1.165) is 0 Å². The fourth-order valence-electron chi connectivity index (χ4n) is 0.645. The third-order valence-corrected chi connectivity index (χ3v) is 2.18. The van der Waals surface area contributed by atoms with Crippen molar-refractivity contribution in [2.75, 3.05) is 0 Å². The molecule has 0 aromatic heterocycles. The van der Waals surface area contributed by atoms with Crippen molar-refractivity contribution < 1.29 is 9.46 Å². The zero-order valence-electron chi connectivity index (χ0n) is 6.27. The summed E-state index contributed by atoms with van der Waals surface area (Å²) >= 11 is 0.511. The van der Waals surface area contributed by atoms with Crippen molar-refractivity contribution in [3.05, 3.63) is 30.3 Å². The average Bonchev–Trinajstić information content (AvgIpc) is 2.08. The Bertz CT molecular complexity index is 191. The van der Waals surface area contributed by atoms with Gasteiger partial charge in [0, 0.05) is 0 Å². The van der Waals surface area contributed by atoms with Crippen molar-refractivity contribution in [2.45, 2.75) is 5.79 Å². The van der Waals surface area contributed by atoms with Crippen LogP contribution in [0.4, 0.5) is 0 Å². The Morgan fingerprint density at radius 2 is 1.82 bits per heavy atom. The van der Waals surface area contributed by atoms with Crippen LogP contribution < -0.4 is 4.43 Å². The summed E-state index contributed by atoms with van der Waals surface area (Å²) in [5, 5.41) is 0. The van der Waals surface area contributed by atoms with Gasteiger partial charge in [-0.1, -0.05) is 0 Å². The molecule has 1 rings (SSSR count). The molecule has 0 aliphatic carbocycles. The van der Waals surface area contributed by atoms with Gasteiger partial charge in [0.2, 0.25) is 0 Å². The minimum absolute atomic E-state index is 0.511. The first-order chi connectivity index (χ1) is 5.35. The Morgan fingerprint density at radius 1 is 1.36 bits per heavy atom. The molecule has 0 heterocycles. The van der Waals surface area contributed by atoms with Crippen LogP contribution in [-0.2, 0) is 4.57 Å². The van der Waals surface area contributed by atoms with Gasteiger partial charge in [-0.25, -0.2) is 4.57 Å². The summed E-state index contributed by atoms with van der Waals surface area (Å²) in [6.07, 6.45) is 0. The molecule has 11 heavy (non-hydrogen) atoms. The molecule has 56 valence electrons. The first kappa shape index (κ1) is 10.8. The second kappa shape index (κ2) is 7.91. The van der Waals surface area contributed by atoms with Crippen molar-refractivity contribution in [1.82, 2.24) is 0 Å². The second-order valence-corrected chi connectivity index (χ2v) is 3.19. The summed E-state index contributed by atoms with van der Waals surface area (Å²) in [5.74, 6) is 2.25. The number of hydrogen-bond donors (Lipinski definition) is 1. The molecule has 0 radical (unpaired) electrons. The van der Waals surface area contributed by atoms with Gasteiger partial charge in [0.1, 0.15) is 0 Å². The fourth-order valence-corrected chi connectivity index (χ4v) is 1.25. The van der Waals surface area contributed by atoms with E-state index in [1.165, 1.54) is 4.43 Å². The second-order valence-electron chi connectivity index (χ2n) is 1.78. The maximum atomic E-state index is 8.46. The summed E-state index contributed by atoms with van der Waals surface area (Å²) in [7, 11) is -0.833. The van der Waals surface area contributed by atoms with Gasteiger partial charge in [-0.05, 0) is 0 Å². The maximum absolute atomic E-state index is 8.46. The first-order valence-electron chi connectivity index (χ1n) is 3.16. The van der Waals surface area contributed by atoms with Gasteiger partial charge in [-0.3, -0.25) is 0 Å². The van der Waals surface area contributed by atoms with Crippen molar-refractivity contribution in [1.29, 1.82) is 0 Å². The monoisotopic (exact) mass is 183 g/mol. The van der Waals surface area contributed by atoms with Crippen molar-refractivity contribution in [2.24, 2.45) is 0 Å². The molecule has 0 saturated heterocycles. The molecule has 4 heteroatoms. The van der Waals surface area contributed by atoms with Crippen LogP contribution in [0.1, 0.15) is 0 Å².